The minimum Gasteiger partial charge on any atom is -0.462 e. The van der Waals surface area contributed by atoms with E-state index < -0.39 is 32.5 Å². The summed E-state index contributed by atoms with van der Waals surface area (Å²) in [6.45, 7) is 4.14. The van der Waals surface area contributed by atoms with Gasteiger partial charge in [-0.05, 0) is 141 Å². The molecule has 2 unspecified atom stereocenters. The lowest BCUT2D eigenvalue weighted by molar-refractivity contribution is -0.870. The van der Waals surface area contributed by atoms with Crippen LogP contribution in [0.4, 0.5) is 0 Å². The summed E-state index contributed by atoms with van der Waals surface area (Å²) in [5, 5.41) is 0. The maximum Gasteiger partial charge on any atom is 0.472 e. The van der Waals surface area contributed by atoms with Gasteiger partial charge in [-0.1, -0.05) is 298 Å². The van der Waals surface area contributed by atoms with E-state index in [1.807, 2.05) is 21.1 Å². The summed E-state index contributed by atoms with van der Waals surface area (Å²) >= 11 is 0. The Balaban J connectivity index is 4.12. The first kappa shape index (κ1) is 86.9. The highest BCUT2D eigenvalue weighted by atomic mass is 31.2. The van der Waals surface area contributed by atoms with Crippen LogP contribution in [0.15, 0.2) is 194 Å². The molecular weight excluding hydrogens is 1160 g/mol. The lowest BCUT2D eigenvalue weighted by Crippen LogP contribution is -2.37. The van der Waals surface area contributed by atoms with E-state index in [1.54, 1.807) is 0 Å². The van der Waals surface area contributed by atoms with Crippen molar-refractivity contribution in [1.29, 1.82) is 0 Å². The molecule has 0 aliphatic heterocycles. The van der Waals surface area contributed by atoms with Crippen LogP contribution >= 0.6 is 7.82 Å². The summed E-state index contributed by atoms with van der Waals surface area (Å²) < 4.78 is 34.7. The number of hydrogen-bond donors (Lipinski definition) is 1. The molecule has 1 N–H and O–H groups in total. The lowest BCUT2D eigenvalue weighted by atomic mass is 10.0. The van der Waals surface area contributed by atoms with E-state index in [-0.39, 0.29) is 26.1 Å². The highest BCUT2D eigenvalue weighted by Crippen LogP contribution is 2.43. The van der Waals surface area contributed by atoms with Crippen molar-refractivity contribution in [3.63, 3.8) is 0 Å². The molecule has 92 heavy (non-hydrogen) atoms. The van der Waals surface area contributed by atoms with Crippen LogP contribution < -0.4 is 0 Å². The van der Waals surface area contributed by atoms with Crippen LogP contribution in [-0.2, 0) is 32.7 Å². The van der Waals surface area contributed by atoms with Gasteiger partial charge in [0.1, 0.15) is 19.8 Å². The van der Waals surface area contributed by atoms with Gasteiger partial charge in [-0.15, -0.1) is 0 Å². The summed E-state index contributed by atoms with van der Waals surface area (Å²) in [5.41, 5.74) is 0. The van der Waals surface area contributed by atoms with Gasteiger partial charge in [0.25, 0.3) is 0 Å². The number of unbranched alkanes of at least 4 members (excludes halogenated alkanes) is 18. The monoisotopic (exact) mass is 1290 g/mol. The number of rotatable bonds is 64. The van der Waals surface area contributed by atoms with Crippen molar-refractivity contribution < 1.29 is 42.1 Å². The number of allylic oxidation sites excluding steroid dienone is 32. The molecule has 9 nitrogen and oxygen atoms in total. The van der Waals surface area contributed by atoms with E-state index in [9.17, 15) is 19.0 Å². The molecule has 0 aliphatic carbocycles. The minimum absolute atomic E-state index is 0.0152. The molecule has 0 radical (unpaired) electrons. The second kappa shape index (κ2) is 70.2. The van der Waals surface area contributed by atoms with Crippen molar-refractivity contribution in [3.8, 4) is 0 Å². The smallest absolute Gasteiger partial charge is 0.462 e. The van der Waals surface area contributed by atoms with Gasteiger partial charge < -0.3 is 18.9 Å². The van der Waals surface area contributed by atoms with Crippen molar-refractivity contribution in [1.82, 2.24) is 0 Å². The Labute approximate surface area is 564 Å². The van der Waals surface area contributed by atoms with E-state index in [0.717, 1.165) is 135 Å². The van der Waals surface area contributed by atoms with Gasteiger partial charge >= 0.3 is 19.8 Å². The zero-order valence-corrected chi connectivity index (χ0v) is 59.8. The lowest BCUT2D eigenvalue weighted by Gasteiger charge is -2.24. The zero-order chi connectivity index (χ0) is 66.9. The van der Waals surface area contributed by atoms with Crippen molar-refractivity contribution in [2.24, 2.45) is 0 Å². The SMILES string of the molecule is CC/C=C\C/C=C\C/C=C\C/C=C\C/C=C\C/C=C\C/C=C\C/C=C\CCCCCCCCCCCCCCCCCCC(=O)OC(COC(=O)CCCC/C=C\C/C=C\C/C=C\C/C=C\C/C=C\C/C=C\C/C=C\C/C=C\CC)COP(=O)(O)OCC[N+](C)(C)C. The zero-order valence-electron chi connectivity index (χ0n) is 59.0. The quantitative estimate of drug-likeness (QED) is 0.0211. The number of nitrogens with zero attached hydrogens (tertiary/aromatic N) is 1. The maximum atomic E-state index is 12.9. The average molecular weight is 1290 g/mol. The molecule has 0 saturated carbocycles. The molecule has 0 amide bonds. The Morgan fingerprint density at radius 2 is 0.587 bits per heavy atom. The largest absolute Gasteiger partial charge is 0.472 e. The van der Waals surface area contributed by atoms with Crippen LogP contribution in [-0.4, -0.2) is 74.9 Å². The van der Waals surface area contributed by atoms with Crippen LogP contribution in [0, 0.1) is 0 Å². The molecule has 10 heteroatoms. The number of carbonyl (C=O) groups is 2. The first-order valence-corrected chi connectivity index (χ1v) is 37.7. The molecule has 0 bridgehead atoms. The van der Waals surface area contributed by atoms with E-state index in [2.05, 4.69) is 208 Å². The normalized spacial score (nSPS) is 14.3. The highest BCUT2D eigenvalue weighted by molar-refractivity contribution is 7.47. The van der Waals surface area contributed by atoms with Gasteiger partial charge in [0.05, 0.1) is 27.7 Å². The van der Waals surface area contributed by atoms with Gasteiger partial charge in [0.15, 0.2) is 6.10 Å². The average Bonchev–Trinajstić information content (AvgIpc) is 2.23. The summed E-state index contributed by atoms with van der Waals surface area (Å²) in [7, 11) is 1.43. The summed E-state index contributed by atoms with van der Waals surface area (Å²) in [4.78, 5) is 35.9. The Hall–Kier alpha value is -5.15. The number of esters is 2. The molecule has 0 fully saturated rings. The van der Waals surface area contributed by atoms with Crippen molar-refractivity contribution in [3.05, 3.63) is 194 Å². The standard InChI is InChI=1S/C82H132NO8P/c1-6-8-10-12-14-16-18-20-22-24-26-28-30-32-34-35-36-37-38-39-40-41-42-43-44-45-46-47-49-51-53-55-57-59-61-63-65-67-69-71-73-75-82(85)91-80(79-90-92(86,87)89-77-76-83(3,4)5)78-88-81(84)74-72-70-68-66-64-62-60-58-56-54-52-50-48-33-31-29-27-25-23-21-19-17-15-13-11-9-7-2/h8-11,14-17,20-23,26-29,32-34,36-37,39-40,42-43,48,52,54,58,60,64,66,80H,6-7,12-13,18-19,24-25,30-31,35,38,41,44-47,49-51,53,55-57,59,61-63,65,67-79H2,1-5H3/p+1/b10-8-,11-9-,16-14-,17-15-,22-20-,23-21-,28-26-,29-27-,34-32-,37-36-,40-39-,43-42-,48-33-,54-52-,60-58-,66-64-. The van der Waals surface area contributed by atoms with Crippen LogP contribution in [0.3, 0.4) is 0 Å². The Morgan fingerprint density at radius 1 is 0.337 bits per heavy atom. The molecule has 0 aromatic rings. The van der Waals surface area contributed by atoms with E-state index in [0.29, 0.717) is 23.9 Å². The Kier molecular flexibility index (Phi) is 66.2. The summed E-state index contributed by atoms with van der Waals surface area (Å²) in [6.07, 6.45) is 110. The van der Waals surface area contributed by atoms with E-state index >= 15 is 0 Å². The van der Waals surface area contributed by atoms with Crippen molar-refractivity contribution in [2.75, 3.05) is 47.5 Å². The van der Waals surface area contributed by atoms with Gasteiger partial charge in [-0.2, -0.15) is 0 Å². The summed E-state index contributed by atoms with van der Waals surface area (Å²) in [5.74, 6) is -0.858. The third-order valence-electron chi connectivity index (χ3n) is 14.6. The number of hydrogen-bond acceptors (Lipinski definition) is 7. The molecule has 0 heterocycles. The molecule has 0 saturated heterocycles. The van der Waals surface area contributed by atoms with Crippen LogP contribution in [0.2, 0.25) is 0 Å². The number of likely N-dealkylation sites (N-methyl/N-ethyl adjacent to an activating group) is 1. The molecular formula is C82H133NO8P+. The molecule has 0 rings (SSSR count). The van der Waals surface area contributed by atoms with Gasteiger partial charge in [0, 0.05) is 12.8 Å². The van der Waals surface area contributed by atoms with Crippen LogP contribution in [0.1, 0.15) is 258 Å². The fourth-order valence-electron chi connectivity index (χ4n) is 9.16. The Bertz CT molecular complexity index is 2260. The van der Waals surface area contributed by atoms with Crippen molar-refractivity contribution in [2.45, 2.75) is 264 Å². The van der Waals surface area contributed by atoms with Gasteiger partial charge in [0.2, 0.25) is 0 Å². The Morgan fingerprint density at radius 3 is 0.891 bits per heavy atom. The first-order chi connectivity index (χ1) is 45.0. The molecule has 2 atom stereocenters. The van der Waals surface area contributed by atoms with E-state index in [4.69, 9.17) is 18.5 Å². The van der Waals surface area contributed by atoms with E-state index in [1.165, 1.54) is 83.5 Å². The van der Waals surface area contributed by atoms with Gasteiger partial charge in [-0.25, -0.2) is 4.57 Å². The third kappa shape index (κ3) is 73.9. The van der Waals surface area contributed by atoms with Crippen LogP contribution in [0.5, 0.6) is 0 Å². The minimum atomic E-state index is -4.42. The fraction of sp³-hybridized carbons (Fsp3) is 0.585. The first-order valence-electron chi connectivity index (χ1n) is 36.2. The number of ether oxygens (including phenoxy) is 2. The van der Waals surface area contributed by atoms with Gasteiger partial charge in [-0.3, -0.25) is 18.6 Å². The second-order valence-corrected chi connectivity index (χ2v) is 26.0. The number of quaternary nitrogens is 1. The molecule has 0 spiro atoms. The van der Waals surface area contributed by atoms with Crippen LogP contribution in [0.25, 0.3) is 0 Å². The molecule has 0 aromatic carbocycles. The highest BCUT2D eigenvalue weighted by Gasteiger charge is 2.27. The third-order valence-corrected chi connectivity index (χ3v) is 15.6. The predicted octanol–water partition coefficient (Wildman–Crippen LogP) is 24.0. The molecule has 518 valence electrons. The number of phosphoric ester groups is 1. The fourth-order valence-corrected chi connectivity index (χ4v) is 9.91. The predicted molar refractivity (Wildman–Crippen MR) is 399 cm³/mol. The van der Waals surface area contributed by atoms with Crippen molar-refractivity contribution >= 4 is 19.8 Å². The molecule has 0 aliphatic rings. The second-order valence-electron chi connectivity index (χ2n) is 24.5. The maximum absolute atomic E-state index is 12.9. The number of carbonyl (C=O) groups excluding carboxylic acids is 2. The summed E-state index contributed by atoms with van der Waals surface area (Å²) in [6, 6.07) is 0. The molecule has 0 aromatic heterocycles. The number of phosphoric acid groups is 1. The topological polar surface area (TPSA) is 108 Å².